The summed E-state index contributed by atoms with van der Waals surface area (Å²) in [5.74, 6) is -0.122. The molecule has 2 aromatic rings. The number of furan rings is 1. The molecule has 0 saturated carbocycles. The van der Waals surface area contributed by atoms with E-state index in [0.29, 0.717) is 19.6 Å². The molecule has 0 saturated heterocycles. The van der Waals surface area contributed by atoms with Crippen molar-refractivity contribution in [2.75, 3.05) is 11.9 Å². The Bertz CT molecular complexity index is 653. The molecular formula is C17H21N3O3. The number of carbonyl (C=O) groups is 2. The van der Waals surface area contributed by atoms with Gasteiger partial charge in [0.25, 0.3) is 0 Å². The first-order valence-electron chi connectivity index (χ1n) is 7.49. The number of rotatable bonds is 6. The van der Waals surface area contributed by atoms with E-state index in [0.717, 1.165) is 16.8 Å². The van der Waals surface area contributed by atoms with Crippen LogP contribution in [0.25, 0.3) is 0 Å². The molecule has 122 valence electrons. The minimum absolute atomic E-state index is 0.122. The Morgan fingerprint density at radius 1 is 1.22 bits per heavy atom. The summed E-state index contributed by atoms with van der Waals surface area (Å²) in [6.07, 6.45) is 3.22. The lowest BCUT2D eigenvalue weighted by molar-refractivity contribution is -0.114. The zero-order chi connectivity index (χ0) is 16.7. The first kappa shape index (κ1) is 16.6. The van der Waals surface area contributed by atoms with Gasteiger partial charge in [-0.1, -0.05) is 12.1 Å². The van der Waals surface area contributed by atoms with Crippen LogP contribution >= 0.6 is 0 Å². The molecule has 0 spiro atoms. The van der Waals surface area contributed by atoms with E-state index in [9.17, 15) is 9.59 Å². The van der Waals surface area contributed by atoms with Crippen molar-refractivity contribution in [1.82, 2.24) is 10.2 Å². The van der Waals surface area contributed by atoms with Gasteiger partial charge in [-0.15, -0.1) is 0 Å². The quantitative estimate of drug-likeness (QED) is 0.860. The molecule has 3 amide bonds. The Labute approximate surface area is 135 Å². The fraction of sp³-hybridized carbons (Fsp3) is 0.294. The number of amides is 3. The highest BCUT2D eigenvalue weighted by atomic mass is 16.3. The van der Waals surface area contributed by atoms with E-state index in [1.807, 2.05) is 37.3 Å². The monoisotopic (exact) mass is 315 g/mol. The van der Waals surface area contributed by atoms with Crippen molar-refractivity contribution in [3.8, 4) is 0 Å². The van der Waals surface area contributed by atoms with Crippen LogP contribution in [0.1, 0.15) is 25.0 Å². The number of benzene rings is 1. The fourth-order valence-electron chi connectivity index (χ4n) is 2.18. The standard InChI is InChI=1S/C17H21N3O3/c1-3-20(11-15-7-8-23-12-15)17(22)18-10-14-5-4-6-16(9-14)19-13(2)21/h4-9,12H,3,10-11H2,1-2H3,(H,18,22)(H,19,21). The summed E-state index contributed by atoms with van der Waals surface area (Å²) in [5, 5.41) is 5.61. The largest absolute Gasteiger partial charge is 0.472 e. The number of hydrogen-bond acceptors (Lipinski definition) is 3. The summed E-state index contributed by atoms with van der Waals surface area (Å²) in [5.41, 5.74) is 2.59. The van der Waals surface area contributed by atoms with Crippen LogP contribution in [-0.4, -0.2) is 23.4 Å². The van der Waals surface area contributed by atoms with Gasteiger partial charge in [-0.2, -0.15) is 0 Å². The smallest absolute Gasteiger partial charge is 0.317 e. The molecule has 0 aliphatic carbocycles. The molecule has 0 unspecified atom stereocenters. The summed E-state index contributed by atoms with van der Waals surface area (Å²) in [6.45, 7) is 4.89. The average molecular weight is 315 g/mol. The van der Waals surface area contributed by atoms with Gasteiger partial charge in [0.15, 0.2) is 0 Å². The van der Waals surface area contributed by atoms with Gasteiger partial charge in [0.1, 0.15) is 0 Å². The third-order valence-corrected chi connectivity index (χ3v) is 3.31. The average Bonchev–Trinajstić information content (AvgIpc) is 3.03. The van der Waals surface area contributed by atoms with Crippen LogP contribution in [0, 0.1) is 0 Å². The second-order valence-electron chi connectivity index (χ2n) is 5.19. The molecule has 1 aromatic heterocycles. The lowest BCUT2D eigenvalue weighted by Crippen LogP contribution is -2.38. The number of hydrogen-bond donors (Lipinski definition) is 2. The van der Waals surface area contributed by atoms with Crippen LogP contribution in [0.2, 0.25) is 0 Å². The molecule has 2 N–H and O–H groups in total. The van der Waals surface area contributed by atoms with Crippen molar-refractivity contribution >= 4 is 17.6 Å². The van der Waals surface area contributed by atoms with Gasteiger partial charge >= 0.3 is 6.03 Å². The maximum absolute atomic E-state index is 12.3. The third kappa shape index (κ3) is 5.18. The summed E-state index contributed by atoms with van der Waals surface area (Å²) in [6, 6.07) is 9.09. The number of anilines is 1. The Morgan fingerprint density at radius 3 is 2.70 bits per heavy atom. The van der Waals surface area contributed by atoms with Gasteiger partial charge in [0.2, 0.25) is 5.91 Å². The molecule has 6 nitrogen and oxygen atoms in total. The number of urea groups is 1. The summed E-state index contributed by atoms with van der Waals surface area (Å²) < 4.78 is 5.02. The molecule has 0 fully saturated rings. The zero-order valence-corrected chi connectivity index (χ0v) is 13.3. The summed E-state index contributed by atoms with van der Waals surface area (Å²) >= 11 is 0. The van der Waals surface area contributed by atoms with Gasteiger partial charge < -0.3 is 20.0 Å². The maximum Gasteiger partial charge on any atom is 0.317 e. The molecule has 6 heteroatoms. The molecular weight excluding hydrogens is 294 g/mol. The summed E-state index contributed by atoms with van der Waals surface area (Å²) in [7, 11) is 0. The number of nitrogens with zero attached hydrogens (tertiary/aromatic N) is 1. The first-order chi connectivity index (χ1) is 11.1. The Hall–Kier alpha value is -2.76. The predicted molar refractivity (Wildman–Crippen MR) is 87.8 cm³/mol. The van der Waals surface area contributed by atoms with Gasteiger partial charge in [-0.05, 0) is 30.7 Å². The zero-order valence-electron chi connectivity index (χ0n) is 13.3. The highest BCUT2D eigenvalue weighted by molar-refractivity contribution is 5.88. The van der Waals surface area contributed by atoms with E-state index in [4.69, 9.17) is 4.42 Å². The molecule has 0 radical (unpaired) electrons. The Balaban J connectivity index is 1.91. The normalized spacial score (nSPS) is 10.2. The van der Waals surface area contributed by atoms with E-state index in [2.05, 4.69) is 10.6 Å². The molecule has 0 atom stereocenters. The van der Waals surface area contributed by atoms with Crippen LogP contribution in [0.3, 0.4) is 0 Å². The lowest BCUT2D eigenvalue weighted by atomic mass is 10.2. The van der Waals surface area contributed by atoms with Gasteiger partial charge in [0.05, 0.1) is 19.1 Å². The maximum atomic E-state index is 12.3. The molecule has 1 aromatic carbocycles. The van der Waals surface area contributed by atoms with Gasteiger partial charge in [0, 0.05) is 31.3 Å². The molecule has 23 heavy (non-hydrogen) atoms. The van der Waals surface area contributed by atoms with Crippen molar-refractivity contribution in [2.24, 2.45) is 0 Å². The van der Waals surface area contributed by atoms with Gasteiger partial charge in [-0.25, -0.2) is 4.79 Å². The van der Waals surface area contributed by atoms with E-state index >= 15 is 0 Å². The highest BCUT2D eigenvalue weighted by Crippen LogP contribution is 2.11. The second kappa shape index (κ2) is 8.03. The summed E-state index contributed by atoms with van der Waals surface area (Å²) in [4.78, 5) is 25.0. The van der Waals surface area contributed by atoms with E-state index in [1.165, 1.54) is 6.92 Å². The number of nitrogens with one attached hydrogen (secondary N) is 2. The minimum atomic E-state index is -0.140. The van der Waals surface area contributed by atoms with Crippen LogP contribution < -0.4 is 10.6 Å². The molecule has 1 heterocycles. The second-order valence-corrected chi connectivity index (χ2v) is 5.19. The van der Waals surface area contributed by atoms with Crippen LogP contribution in [0.5, 0.6) is 0 Å². The topological polar surface area (TPSA) is 74.6 Å². The van der Waals surface area contributed by atoms with Crippen molar-refractivity contribution in [3.63, 3.8) is 0 Å². The van der Waals surface area contributed by atoms with E-state index in [1.54, 1.807) is 17.4 Å². The Morgan fingerprint density at radius 2 is 2.04 bits per heavy atom. The number of carbonyl (C=O) groups excluding carboxylic acids is 2. The predicted octanol–water partition coefficient (Wildman–Crippen LogP) is 2.97. The SMILES string of the molecule is CCN(Cc1ccoc1)C(=O)NCc1cccc(NC(C)=O)c1. The fourth-order valence-corrected chi connectivity index (χ4v) is 2.18. The van der Waals surface area contributed by atoms with Crippen LogP contribution in [-0.2, 0) is 17.9 Å². The molecule has 0 aliphatic heterocycles. The van der Waals surface area contributed by atoms with E-state index in [-0.39, 0.29) is 11.9 Å². The van der Waals surface area contributed by atoms with Crippen molar-refractivity contribution in [3.05, 3.63) is 54.0 Å². The van der Waals surface area contributed by atoms with Gasteiger partial charge in [-0.3, -0.25) is 4.79 Å². The lowest BCUT2D eigenvalue weighted by Gasteiger charge is -2.20. The molecule has 0 bridgehead atoms. The van der Waals surface area contributed by atoms with Crippen molar-refractivity contribution in [1.29, 1.82) is 0 Å². The van der Waals surface area contributed by atoms with Crippen molar-refractivity contribution in [2.45, 2.75) is 26.9 Å². The Kier molecular flexibility index (Phi) is 5.80. The van der Waals surface area contributed by atoms with Crippen LogP contribution in [0.4, 0.5) is 10.5 Å². The third-order valence-electron chi connectivity index (χ3n) is 3.31. The van der Waals surface area contributed by atoms with E-state index < -0.39 is 0 Å². The minimum Gasteiger partial charge on any atom is -0.472 e. The molecule has 2 rings (SSSR count). The first-order valence-corrected chi connectivity index (χ1v) is 7.49. The molecule has 0 aliphatic rings. The van der Waals surface area contributed by atoms with Crippen LogP contribution in [0.15, 0.2) is 47.3 Å². The highest BCUT2D eigenvalue weighted by Gasteiger charge is 2.12. The van der Waals surface area contributed by atoms with Crippen molar-refractivity contribution < 1.29 is 14.0 Å².